The van der Waals surface area contributed by atoms with Crippen molar-refractivity contribution in [1.82, 2.24) is 0 Å². The van der Waals surface area contributed by atoms with Gasteiger partial charge >= 0.3 is 0 Å². The monoisotopic (exact) mass is 314 g/mol. The molecule has 0 aliphatic heterocycles. The summed E-state index contributed by atoms with van der Waals surface area (Å²) < 4.78 is 0. The van der Waals surface area contributed by atoms with E-state index in [4.69, 9.17) is 6.42 Å². The second-order valence-corrected chi connectivity index (χ2v) is 5.82. The molecule has 0 aliphatic rings. The maximum atomic E-state index is 5.15. The van der Waals surface area contributed by atoms with Crippen molar-refractivity contribution in [2.75, 3.05) is 0 Å². The molecule has 0 radical (unpaired) electrons. The van der Waals surface area contributed by atoms with Crippen molar-refractivity contribution in [2.45, 2.75) is 27.7 Å². The minimum Gasteiger partial charge on any atom is -0.115 e. The van der Waals surface area contributed by atoms with Crippen LogP contribution in [0, 0.1) is 40.0 Å². The lowest BCUT2D eigenvalue weighted by Crippen LogP contribution is -1.72. The average Bonchev–Trinajstić information content (AvgIpc) is 2.60. The van der Waals surface area contributed by atoms with Gasteiger partial charge < -0.3 is 0 Å². The first-order valence-electron chi connectivity index (χ1n) is 8.09. The van der Waals surface area contributed by atoms with E-state index in [0.717, 1.165) is 5.56 Å². The number of terminal acetylenes is 1. The van der Waals surface area contributed by atoms with Crippen molar-refractivity contribution >= 4 is 0 Å². The first-order valence-corrected chi connectivity index (χ1v) is 8.09. The Hall–Kier alpha value is -2.78. The third-order valence-electron chi connectivity index (χ3n) is 3.38. The van der Waals surface area contributed by atoms with E-state index in [1.54, 1.807) is 0 Å². The molecule has 0 nitrogen and oxygen atoms in total. The molecule has 122 valence electrons. The van der Waals surface area contributed by atoms with Crippen LogP contribution in [0.25, 0.3) is 0 Å². The van der Waals surface area contributed by atoms with E-state index in [2.05, 4.69) is 63.1 Å². The molecule has 0 heterocycles. The molecule has 0 saturated heterocycles. The van der Waals surface area contributed by atoms with Gasteiger partial charge in [-0.15, -0.1) is 6.42 Å². The Bertz CT molecular complexity index is 706. The van der Waals surface area contributed by atoms with Gasteiger partial charge in [0, 0.05) is 5.56 Å². The van der Waals surface area contributed by atoms with Crippen molar-refractivity contribution in [3.05, 3.63) is 107 Å². The SMILES string of the molecule is C#Cc1ccc(C)cc1.Cc1ccc(C)cc1.Cc1ccccc1. The van der Waals surface area contributed by atoms with E-state index < -0.39 is 0 Å². The van der Waals surface area contributed by atoms with Crippen LogP contribution < -0.4 is 0 Å². The molecule has 0 unspecified atom stereocenters. The first kappa shape index (κ1) is 19.3. The average molecular weight is 314 g/mol. The molecule has 0 fully saturated rings. The molecule has 3 rings (SSSR count). The van der Waals surface area contributed by atoms with Gasteiger partial charge in [0.05, 0.1) is 0 Å². The first-order chi connectivity index (χ1) is 11.5. The Morgan fingerprint density at radius 3 is 1.12 bits per heavy atom. The Labute approximate surface area is 147 Å². The molecule has 0 heteroatoms. The minimum atomic E-state index is 0.945. The zero-order valence-corrected chi connectivity index (χ0v) is 15.1. The van der Waals surface area contributed by atoms with Gasteiger partial charge in [-0.05, 0) is 39.8 Å². The predicted molar refractivity (Wildman–Crippen MR) is 106 cm³/mol. The van der Waals surface area contributed by atoms with E-state index in [1.807, 2.05) is 49.4 Å². The molecule has 0 spiro atoms. The maximum absolute atomic E-state index is 5.15. The van der Waals surface area contributed by atoms with Gasteiger partial charge in [-0.25, -0.2) is 0 Å². The molecule has 0 aromatic heterocycles. The van der Waals surface area contributed by atoms with E-state index in [-0.39, 0.29) is 0 Å². The van der Waals surface area contributed by atoms with Gasteiger partial charge in [0.15, 0.2) is 0 Å². The highest BCUT2D eigenvalue weighted by Gasteiger charge is 1.83. The van der Waals surface area contributed by atoms with Gasteiger partial charge in [0.1, 0.15) is 0 Å². The van der Waals surface area contributed by atoms with E-state index >= 15 is 0 Å². The molecule has 0 aliphatic carbocycles. The zero-order valence-electron chi connectivity index (χ0n) is 15.1. The fraction of sp³-hybridized carbons (Fsp3) is 0.167. The van der Waals surface area contributed by atoms with Crippen molar-refractivity contribution in [3.8, 4) is 12.3 Å². The van der Waals surface area contributed by atoms with Crippen LogP contribution in [0.1, 0.15) is 27.8 Å². The lowest BCUT2D eigenvalue weighted by atomic mass is 10.2. The lowest BCUT2D eigenvalue weighted by Gasteiger charge is -1.90. The summed E-state index contributed by atoms with van der Waals surface area (Å²) in [4.78, 5) is 0. The quantitative estimate of drug-likeness (QED) is 0.429. The Kier molecular flexibility index (Phi) is 8.72. The second-order valence-electron chi connectivity index (χ2n) is 5.82. The zero-order chi connectivity index (χ0) is 17.8. The number of aryl methyl sites for hydroxylation is 4. The summed E-state index contributed by atoms with van der Waals surface area (Å²) in [7, 11) is 0. The maximum Gasteiger partial charge on any atom is 0.0242 e. The third-order valence-corrected chi connectivity index (χ3v) is 3.38. The number of benzene rings is 3. The van der Waals surface area contributed by atoms with Crippen LogP contribution in [0.5, 0.6) is 0 Å². The summed E-state index contributed by atoms with van der Waals surface area (Å²) in [5, 5.41) is 0. The highest BCUT2D eigenvalue weighted by atomic mass is 13.9. The summed E-state index contributed by atoms with van der Waals surface area (Å²) in [6.45, 7) is 8.32. The van der Waals surface area contributed by atoms with Gasteiger partial charge in [-0.1, -0.05) is 94.9 Å². The molecular formula is C24H26. The normalized spacial score (nSPS) is 8.79. The minimum absolute atomic E-state index is 0.945. The molecule has 0 atom stereocenters. The van der Waals surface area contributed by atoms with Crippen molar-refractivity contribution in [2.24, 2.45) is 0 Å². The van der Waals surface area contributed by atoms with Crippen LogP contribution in [0.15, 0.2) is 78.9 Å². The van der Waals surface area contributed by atoms with Gasteiger partial charge in [-0.2, -0.15) is 0 Å². The van der Waals surface area contributed by atoms with Crippen LogP contribution >= 0.6 is 0 Å². The van der Waals surface area contributed by atoms with Crippen LogP contribution in [0.2, 0.25) is 0 Å². The number of hydrogen-bond donors (Lipinski definition) is 0. The topological polar surface area (TPSA) is 0 Å². The molecular weight excluding hydrogens is 288 g/mol. The Morgan fingerprint density at radius 2 is 0.833 bits per heavy atom. The molecule has 3 aromatic rings. The second kappa shape index (κ2) is 10.9. The van der Waals surface area contributed by atoms with Crippen molar-refractivity contribution in [3.63, 3.8) is 0 Å². The molecule has 24 heavy (non-hydrogen) atoms. The van der Waals surface area contributed by atoms with Crippen LogP contribution in [-0.4, -0.2) is 0 Å². The fourth-order valence-electron chi connectivity index (χ4n) is 1.82. The van der Waals surface area contributed by atoms with Crippen molar-refractivity contribution in [1.29, 1.82) is 0 Å². The van der Waals surface area contributed by atoms with Crippen LogP contribution in [0.4, 0.5) is 0 Å². The third kappa shape index (κ3) is 8.61. The van der Waals surface area contributed by atoms with Crippen molar-refractivity contribution < 1.29 is 0 Å². The molecule has 3 aromatic carbocycles. The molecule has 0 saturated carbocycles. The largest absolute Gasteiger partial charge is 0.115 e. The summed E-state index contributed by atoms with van der Waals surface area (Å²) in [5.74, 6) is 2.55. The highest BCUT2D eigenvalue weighted by Crippen LogP contribution is 2.00. The molecule has 0 bridgehead atoms. The smallest absolute Gasteiger partial charge is 0.0242 e. The molecule has 0 N–H and O–H groups in total. The number of hydrogen-bond acceptors (Lipinski definition) is 0. The fourth-order valence-corrected chi connectivity index (χ4v) is 1.82. The van der Waals surface area contributed by atoms with Gasteiger partial charge in [0.25, 0.3) is 0 Å². The Morgan fingerprint density at radius 1 is 0.500 bits per heavy atom. The van der Waals surface area contributed by atoms with E-state index in [0.29, 0.717) is 0 Å². The lowest BCUT2D eigenvalue weighted by molar-refractivity contribution is 1.40. The Balaban J connectivity index is 0.000000181. The van der Waals surface area contributed by atoms with Crippen LogP contribution in [0.3, 0.4) is 0 Å². The highest BCUT2D eigenvalue weighted by molar-refractivity contribution is 5.33. The van der Waals surface area contributed by atoms with Gasteiger partial charge in [0.2, 0.25) is 0 Å². The van der Waals surface area contributed by atoms with E-state index in [9.17, 15) is 0 Å². The van der Waals surface area contributed by atoms with E-state index in [1.165, 1.54) is 22.3 Å². The standard InChI is InChI=1S/C9H8.C8H10.C7H8/c1-3-9-6-4-8(2)5-7-9;1-7-3-5-8(2)6-4-7;1-7-5-3-2-4-6-7/h1,4-7H,2H3;3-6H,1-2H3;2-6H,1H3. The number of rotatable bonds is 0. The van der Waals surface area contributed by atoms with Crippen LogP contribution in [-0.2, 0) is 0 Å². The summed E-state index contributed by atoms with van der Waals surface area (Å²) in [6.07, 6.45) is 5.15. The molecule has 0 amide bonds. The summed E-state index contributed by atoms with van der Waals surface area (Å²) in [6, 6.07) is 26.6. The predicted octanol–water partition coefficient (Wildman–Crippen LogP) is 6.27. The summed E-state index contributed by atoms with van der Waals surface area (Å²) in [5.41, 5.74) is 6.17. The summed E-state index contributed by atoms with van der Waals surface area (Å²) >= 11 is 0. The van der Waals surface area contributed by atoms with Gasteiger partial charge in [-0.3, -0.25) is 0 Å².